The quantitative estimate of drug-likeness (QED) is 0.932. The van der Waals surface area contributed by atoms with Gasteiger partial charge in [-0.1, -0.05) is 36.2 Å². The van der Waals surface area contributed by atoms with Crippen molar-refractivity contribution in [3.63, 3.8) is 0 Å². The van der Waals surface area contributed by atoms with Crippen LogP contribution >= 0.6 is 15.9 Å². The van der Waals surface area contributed by atoms with E-state index in [2.05, 4.69) is 39.7 Å². The van der Waals surface area contributed by atoms with Gasteiger partial charge in [0.05, 0.1) is 5.52 Å². The van der Waals surface area contributed by atoms with Crippen LogP contribution < -0.4 is 0 Å². The van der Waals surface area contributed by atoms with Gasteiger partial charge in [0.25, 0.3) is 0 Å². The lowest BCUT2D eigenvalue weighted by Gasteiger charge is -2.09. The Morgan fingerprint density at radius 2 is 2.16 bits per heavy atom. The zero-order chi connectivity index (χ0) is 14.0. The van der Waals surface area contributed by atoms with Gasteiger partial charge in [-0.2, -0.15) is 0 Å². The number of carboxylic acids is 1. The number of fused-ring (bicyclic) bond motifs is 1. The van der Waals surface area contributed by atoms with Crippen LogP contribution in [0.25, 0.3) is 10.9 Å². The van der Waals surface area contributed by atoms with E-state index in [1.807, 2.05) is 12.1 Å². The molecule has 2 rings (SSSR count). The third-order valence-corrected chi connectivity index (χ3v) is 3.63. The van der Waals surface area contributed by atoms with Crippen LogP contribution in [0.1, 0.15) is 36.6 Å². The fourth-order valence-electron chi connectivity index (χ4n) is 1.86. The van der Waals surface area contributed by atoms with E-state index < -0.39 is 5.97 Å². The Bertz CT molecular complexity index is 628. The van der Waals surface area contributed by atoms with Crippen LogP contribution in [-0.4, -0.2) is 21.0 Å². The summed E-state index contributed by atoms with van der Waals surface area (Å²) < 4.78 is 0.820. The van der Waals surface area contributed by atoms with Crippen LogP contribution in [0.3, 0.4) is 0 Å². The largest absolute Gasteiger partial charge is 0.476 e. The Kier molecular flexibility index (Phi) is 4.14. The van der Waals surface area contributed by atoms with Gasteiger partial charge in [0, 0.05) is 16.3 Å². The molecule has 100 valence electrons. The maximum atomic E-state index is 11.3. The first kappa shape index (κ1) is 13.9. The van der Waals surface area contributed by atoms with E-state index in [9.17, 15) is 9.90 Å². The van der Waals surface area contributed by atoms with Crippen molar-refractivity contribution in [1.29, 1.82) is 0 Å². The molecule has 1 unspecified atom stereocenters. The highest BCUT2D eigenvalue weighted by Gasteiger charge is 2.15. The summed E-state index contributed by atoms with van der Waals surface area (Å²) in [6.07, 6.45) is 1.72. The number of hydrogen-bond acceptors (Lipinski definition) is 3. The van der Waals surface area contributed by atoms with Gasteiger partial charge in [-0.25, -0.2) is 14.8 Å². The molecule has 0 amide bonds. The summed E-state index contributed by atoms with van der Waals surface area (Å²) in [7, 11) is 0. The first-order valence-corrected chi connectivity index (χ1v) is 7.00. The number of aromatic carboxylic acids is 1. The Labute approximate surface area is 120 Å². The van der Waals surface area contributed by atoms with Crippen LogP contribution in [0.5, 0.6) is 0 Å². The van der Waals surface area contributed by atoms with Crippen LogP contribution in [-0.2, 0) is 6.42 Å². The average molecular weight is 323 g/mol. The molecule has 19 heavy (non-hydrogen) atoms. The SMILES string of the molecule is CCC(C)Cc1nc(C(=O)O)c2cc(Br)ccc2n1. The number of rotatable bonds is 4. The molecule has 1 heterocycles. The zero-order valence-corrected chi connectivity index (χ0v) is 12.4. The standard InChI is InChI=1S/C14H15BrN2O2/c1-3-8(2)6-12-16-11-5-4-9(15)7-10(11)13(17-12)14(18)19/h4-5,7-8H,3,6H2,1-2H3,(H,18,19). The van der Waals surface area contributed by atoms with E-state index in [-0.39, 0.29) is 5.69 Å². The van der Waals surface area contributed by atoms with Crippen LogP contribution in [0.15, 0.2) is 22.7 Å². The maximum Gasteiger partial charge on any atom is 0.355 e. The van der Waals surface area contributed by atoms with Crippen molar-refractivity contribution < 1.29 is 9.90 Å². The lowest BCUT2D eigenvalue weighted by Crippen LogP contribution is -2.09. The number of carboxylic acid groups (broad SMARTS) is 1. The minimum absolute atomic E-state index is 0.0737. The number of aromatic nitrogens is 2. The van der Waals surface area contributed by atoms with Crippen molar-refractivity contribution >= 4 is 32.8 Å². The number of nitrogens with zero attached hydrogens (tertiary/aromatic N) is 2. The molecule has 1 N–H and O–H groups in total. The van der Waals surface area contributed by atoms with E-state index in [4.69, 9.17) is 0 Å². The van der Waals surface area contributed by atoms with E-state index in [0.717, 1.165) is 10.9 Å². The molecule has 0 aliphatic rings. The Balaban J connectivity index is 2.58. The maximum absolute atomic E-state index is 11.3. The molecule has 0 spiro atoms. The molecule has 0 saturated carbocycles. The molecular formula is C14H15BrN2O2. The molecule has 0 fully saturated rings. The zero-order valence-electron chi connectivity index (χ0n) is 10.9. The van der Waals surface area contributed by atoms with E-state index in [0.29, 0.717) is 29.1 Å². The van der Waals surface area contributed by atoms with Crippen molar-refractivity contribution in [2.24, 2.45) is 5.92 Å². The second kappa shape index (κ2) is 5.65. The van der Waals surface area contributed by atoms with E-state index >= 15 is 0 Å². The van der Waals surface area contributed by atoms with Crippen molar-refractivity contribution in [2.75, 3.05) is 0 Å². The summed E-state index contributed by atoms with van der Waals surface area (Å²) in [5.74, 6) is 0.0204. The lowest BCUT2D eigenvalue weighted by molar-refractivity contribution is 0.0692. The Hall–Kier alpha value is -1.49. The van der Waals surface area contributed by atoms with Crippen molar-refractivity contribution in [3.05, 3.63) is 34.2 Å². The average Bonchev–Trinajstić information content (AvgIpc) is 2.37. The summed E-state index contributed by atoms with van der Waals surface area (Å²) in [6.45, 7) is 4.20. The first-order chi connectivity index (χ1) is 9.01. The molecule has 0 bridgehead atoms. The molecule has 1 aromatic carbocycles. The second-order valence-electron chi connectivity index (χ2n) is 4.67. The van der Waals surface area contributed by atoms with Crippen LogP contribution in [0.4, 0.5) is 0 Å². The molecule has 4 nitrogen and oxygen atoms in total. The van der Waals surface area contributed by atoms with Gasteiger partial charge < -0.3 is 5.11 Å². The first-order valence-electron chi connectivity index (χ1n) is 6.20. The fraction of sp³-hybridized carbons (Fsp3) is 0.357. The molecule has 2 aromatic rings. The molecule has 0 aliphatic heterocycles. The predicted octanol–water partition coefficient (Wildman–Crippen LogP) is 3.68. The fourth-order valence-corrected chi connectivity index (χ4v) is 2.22. The highest BCUT2D eigenvalue weighted by Crippen LogP contribution is 2.22. The summed E-state index contributed by atoms with van der Waals surface area (Å²) >= 11 is 3.34. The third kappa shape index (κ3) is 3.10. The molecule has 0 saturated heterocycles. The van der Waals surface area contributed by atoms with E-state index in [1.54, 1.807) is 6.07 Å². The van der Waals surface area contributed by atoms with Crippen molar-refractivity contribution in [3.8, 4) is 0 Å². The highest BCUT2D eigenvalue weighted by atomic mass is 79.9. The summed E-state index contributed by atoms with van der Waals surface area (Å²) in [4.78, 5) is 20.0. The van der Waals surface area contributed by atoms with Crippen molar-refractivity contribution in [1.82, 2.24) is 9.97 Å². The highest BCUT2D eigenvalue weighted by molar-refractivity contribution is 9.10. The van der Waals surface area contributed by atoms with Gasteiger partial charge in [0.1, 0.15) is 5.82 Å². The molecule has 1 atom stereocenters. The number of carbonyl (C=O) groups is 1. The summed E-state index contributed by atoms with van der Waals surface area (Å²) in [6, 6.07) is 5.41. The number of hydrogen-bond donors (Lipinski definition) is 1. The van der Waals surface area contributed by atoms with Gasteiger partial charge in [-0.15, -0.1) is 0 Å². The Morgan fingerprint density at radius 3 is 2.79 bits per heavy atom. The monoisotopic (exact) mass is 322 g/mol. The summed E-state index contributed by atoms with van der Waals surface area (Å²) in [5, 5.41) is 9.85. The van der Waals surface area contributed by atoms with Gasteiger partial charge in [-0.05, 0) is 24.1 Å². The van der Waals surface area contributed by atoms with Gasteiger partial charge >= 0.3 is 5.97 Å². The molecule has 0 radical (unpaired) electrons. The van der Waals surface area contributed by atoms with Gasteiger partial charge in [0.15, 0.2) is 5.69 Å². The van der Waals surface area contributed by atoms with Gasteiger partial charge in [0.2, 0.25) is 0 Å². The molecule has 0 aliphatic carbocycles. The minimum atomic E-state index is -1.02. The number of halogens is 1. The molecule has 1 aromatic heterocycles. The predicted molar refractivity (Wildman–Crippen MR) is 77.4 cm³/mol. The number of benzene rings is 1. The van der Waals surface area contributed by atoms with Crippen LogP contribution in [0, 0.1) is 5.92 Å². The minimum Gasteiger partial charge on any atom is -0.476 e. The molecule has 5 heteroatoms. The molecular weight excluding hydrogens is 308 g/mol. The third-order valence-electron chi connectivity index (χ3n) is 3.13. The normalized spacial score (nSPS) is 12.6. The lowest BCUT2D eigenvalue weighted by atomic mass is 10.0. The van der Waals surface area contributed by atoms with Crippen molar-refractivity contribution in [2.45, 2.75) is 26.7 Å². The summed E-state index contributed by atoms with van der Waals surface area (Å²) in [5.41, 5.74) is 0.749. The second-order valence-corrected chi connectivity index (χ2v) is 5.59. The van der Waals surface area contributed by atoms with E-state index in [1.165, 1.54) is 0 Å². The Morgan fingerprint density at radius 1 is 1.42 bits per heavy atom. The van der Waals surface area contributed by atoms with Gasteiger partial charge in [-0.3, -0.25) is 0 Å². The smallest absolute Gasteiger partial charge is 0.355 e. The topological polar surface area (TPSA) is 63.1 Å². The van der Waals surface area contributed by atoms with Crippen LogP contribution in [0.2, 0.25) is 0 Å².